The summed E-state index contributed by atoms with van der Waals surface area (Å²) in [6.07, 6.45) is 2.77. The predicted octanol–water partition coefficient (Wildman–Crippen LogP) is 2.97. The van der Waals surface area contributed by atoms with Crippen LogP contribution in [0.2, 0.25) is 0 Å². The Balaban J connectivity index is 1.85. The molecule has 1 aliphatic carbocycles. The first-order valence-corrected chi connectivity index (χ1v) is 8.15. The van der Waals surface area contributed by atoms with Crippen molar-refractivity contribution in [3.8, 4) is 5.75 Å². The van der Waals surface area contributed by atoms with E-state index in [1.54, 1.807) is 7.11 Å². The van der Waals surface area contributed by atoms with Crippen LogP contribution in [-0.4, -0.2) is 36.7 Å². The first-order valence-electron chi connectivity index (χ1n) is 8.15. The summed E-state index contributed by atoms with van der Waals surface area (Å²) in [5.74, 6) is 1.87. The van der Waals surface area contributed by atoms with Crippen LogP contribution in [0.25, 0.3) is 0 Å². The molecule has 1 aromatic rings. The van der Waals surface area contributed by atoms with Crippen LogP contribution in [0, 0.1) is 12.8 Å². The Bertz CT molecular complexity index is 512. The van der Waals surface area contributed by atoms with Gasteiger partial charge < -0.3 is 10.1 Å². The highest BCUT2D eigenvalue weighted by Gasteiger charge is 2.47. The minimum atomic E-state index is 0.293. The lowest BCUT2D eigenvalue weighted by atomic mass is 9.89. The normalized spacial score (nSPS) is 30.4. The number of piperazine rings is 1. The molecule has 0 spiro atoms. The minimum absolute atomic E-state index is 0.293. The fraction of sp³-hybridized carbons (Fsp3) is 0.667. The molecule has 1 aliphatic heterocycles. The smallest absolute Gasteiger partial charge is 0.123 e. The number of rotatable bonds is 4. The van der Waals surface area contributed by atoms with E-state index in [2.05, 4.69) is 49.2 Å². The van der Waals surface area contributed by atoms with Crippen LogP contribution < -0.4 is 10.1 Å². The van der Waals surface area contributed by atoms with Gasteiger partial charge in [0.1, 0.15) is 5.75 Å². The third-order valence-electron chi connectivity index (χ3n) is 5.28. The number of aryl methyl sites for hydroxylation is 1. The van der Waals surface area contributed by atoms with E-state index in [1.165, 1.54) is 24.0 Å². The van der Waals surface area contributed by atoms with Crippen molar-refractivity contribution in [3.63, 3.8) is 0 Å². The van der Waals surface area contributed by atoms with E-state index >= 15 is 0 Å². The maximum atomic E-state index is 5.57. The van der Waals surface area contributed by atoms with Crippen molar-refractivity contribution >= 4 is 0 Å². The van der Waals surface area contributed by atoms with Gasteiger partial charge in [0, 0.05) is 36.8 Å². The summed E-state index contributed by atoms with van der Waals surface area (Å²) < 4.78 is 5.57. The first-order chi connectivity index (χ1) is 10.0. The maximum Gasteiger partial charge on any atom is 0.123 e. The van der Waals surface area contributed by atoms with Gasteiger partial charge in [0.15, 0.2) is 0 Å². The molecular formula is C18H28N2O. The lowest BCUT2D eigenvalue weighted by molar-refractivity contribution is 0.0306. The van der Waals surface area contributed by atoms with Crippen LogP contribution in [0.3, 0.4) is 0 Å². The second-order valence-corrected chi connectivity index (χ2v) is 7.11. The molecule has 1 saturated carbocycles. The first kappa shape index (κ1) is 14.9. The molecular weight excluding hydrogens is 260 g/mol. The molecule has 1 aromatic carbocycles. The van der Waals surface area contributed by atoms with Crippen molar-refractivity contribution in [2.75, 3.05) is 20.2 Å². The summed E-state index contributed by atoms with van der Waals surface area (Å²) in [4.78, 5) is 2.68. The molecule has 2 atom stereocenters. The van der Waals surface area contributed by atoms with Gasteiger partial charge >= 0.3 is 0 Å². The highest BCUT2D eigenvalue weighted by Crippen LogP contribution is 2.44. The van der Waals surface area contributed by atoms with Crippen molar-refractivity contribution in [1.29, 1.82) is 0 Å². The van der Waals surface area contributed by atoms with Gasteiger partial charge in [-0.15, -0.1) is 0 Å². The third kappa shape index (κ3) is 2.95. The van der Waals surface area contributed by atoms with Gasteiger partial charge in [-0.2, -0.15) is 0 Å². The van der Waals surface area contributed by atoms with Gasteiger partial charge in [-0.3, -0.25) is 4.90 Å². The molecule has 0 bridgehead atoms. The lowest BCUT2D eigenvalue weighted by Gasteiger charge is -2.48. The van der Waals surface area contributed by atoms with Crippen molar-refractivity contribution in [1.82, 2.24) is 10.2 Å². The number of nitrogens with zero attached hydrogens (tertiary/aromatic N) is 1. The Morgan fingerprint density at radius 2 is 2.14 bits per heavy atom. The summed E-state index contributed by atoms with van der Waals surface area (Å²) in [5.41, 5.74) is 2.92. The number of ether oxygens (including phenoxy) is 1. The van der Waals surface area contributed by atoms with Crippen molar-refractivity contribution in [3.05, 3.63) is 29.3 Å². The number of hydrogen-bond donors (Lipinski definition) is 1. The molecule has 0 radical (unpaired) electrons. The summed E-state index contributed by atoms with van der Waals surface area (Å²) >= 11 is 0. The number of benzene rings is 1. The van der Waals surface area contributed by atoms with Crippen molar-refractivity contribution < 1.29 is 4.74 Å². The maximum absolute atomic E-state index is 5.57. The summed E-state index contributed by atoms with van der Waals surface area (Å²) in [6.45, 7) is 10.1. The lowest BCUT2D eigenvalue weighted by Crippen LogP contribution is -2.63. The molecule has 1 heterocycles. The molecule has 0 aromatic heterocycles. The molecule has 1 saturated heterocycles. The van der Waals surface area contributed by atoms with Crippen LogP contribution in [0.1, 0.15) is 37.8 Å². The molecule has 21 heavy (non-hydrogen) atoms. The Hall–Kier alpha value is -1.06. The summed E-state index contributed by atoms with van der Waals surface area (Å²) in [5, 5.41) is 3.68. The summed E-state index contributed by atoms with van der Waals surface area (Å²) in [7, 11) is 1.77. The molecule has 2 fully saturated rings. The van der Waals surface area contributed by atoms with E-state index in [9.17, 15) is 0 Å². The van der Waals surface area contributed by atoms with E-state index in [0.29, 0.717) is 11.6 Å². The van der Waals surface area contributed by atoms with Crippen LogP contribution in [0.4, 0.5) is 0 Å². The van der Waals surface area contributed by atoms with E-state index < -0.39 is 0 Å². The largest absolute Gasteiger partial charge is 0.496 e. The van der Waals surface area contributed by atoms with Crippen molar-refractivity contribution in [2.45, 2.75) is 51.7 Å². The fourth-order valence-corrected chi connectivity index (χ4v) is 3.69. The van der Waals surface area contributed by atoms with Gasteiger partial charge in [-0.25, -0.2) is 0 Å². The third-order valence-corrected chi connectivity index (χ3v) is 5.28. The number of methoxy groups -OCH3 is 1. The molecule has 3 nitrogen and oxygen atoms in total. The standard InChI is InChI=1S/C18H28N2O/c1-13-5-8-17(21-4)15(9-13)11-20-10-14(2)19-12-18(20,3)16-6-7-16/h5,8-9,14,16,19H,6-7,10-12H2,1-4H3. The number of hydrogen-bond acceptors (Lipinski definition) is 3. The molecule has 1 N–H and O–H groups in total. The van der Waals surface area contributed by atoms with Crippen LogP contribution in [0.5, 0.6) is 5.75 Å². The zero-order valence-electron chi connectivity index (χ0n) is 13.8. The SMILES string of the molecule is COc1ccc(C)cc1CN1CC(C)NCC1(C)C1CC1. The molecule has 116 valence electrons. The van der Waals surface area contributed by atoms with Crippen molar-refractivity contribution in [2.24, 2.45) is 5.92 Å². The Morgan fingerprint density at radius 1 is 1.38 bits per heavy atom. The molecule has 0 amide bonds. The minimum Gasteiger partial charge on any atom is -0.496 e. The van der Waals surface area contributed by atoms with E-state index in [4.69, 9.17) is 4.74 Å². The second kappa shape index (κ2) is 5.62. The Morgan fingerprint density at radius 3 is 2.81 bits per heavy atom. The zero-order valence-corrected chi connectivity index (χ0v) is 13.8. The van der Waals surface area contributed by atoms with Crippen LogP contribution in [0.15, 0.2) is 18.2 Å². The monoisotopic (exact) mass is 288 g/mol. The zero-order chi connectivity index (χ0) is 15.0. The van der Waals surface area contributed by atoms with Crippen LogP contribution in [-0.2, 0) is 6.54 Å². The second-order valence-electron chi connectivity index (χ2n) is 7.11. The van der Waals surface area contributed by atoms with Gasteiger partial charge in [-0.05, 0) is 45.6 Å². The van der Waals surface area contributed by atoms with Crippen LogP contribution >= 0.6 is 0 Å². The molecule has 3 heteroatoms. The number of nitrogens with one attached hydrogen (secondary N) is 1. The van der Waals surface area contributed by atoms with E-state index in [1.807, 2.05) is 0 Å². The Labute approximate surface area is 128 Å². The highest BCUT2D eigenvalue weighted by atomic mass is 16.5. The molecule has 2 aliphatic rings. The average Bonchev–Trinajstić information content (AvgIpc) is 3.28. The average molecular weight is 288 g/mol. The molecule has 3 rings (SSSR count). The van der Waals surface area contributed by atoms with Gasteiger partial charge in [0.25, 0.3) is 0 Å². The molecule has 2 unspecified atom stereocenters. The van der Waals surface area contributed by atoms with Gasteiger partial charge in [0.2, 0.25) is 0 Å². The topological polar surface area (TPSA) is 24.5 Å². The quantitative estimate of drug-likeness (QED) is 0.922. The predicted molar refractivity (Wildman–Crippen MR) is 86.7 cm³/mol. The van der Waals surface area contributed by atoms with Gasteiger partial charge in [-0.1, -0.05) is 17.7 Å². The van der Waals surface area contributed by atoms with E-state index in [0.717, 1.165) is 31.3 Å². The summed E-state index contributed by atoms with van der Waals surface area (Å²) in [6, 6.07) is 7.07. The fourth-order valence-electron chi connectivity index (χ4n) is 3.69. The van der Waals surface area contributed by atoms with E-state index in [-0.39, 0.29) is 0 Å². The Kier molecular flexibility index (Phi) is 3.98. The highest BCUT2D eigenvalue weighted by molar-refractivity contribution is 5.37. The van der Waals surface area contributed by atoms with Gasteiger partial charge in [0.05, 0.1) is 7.11 Å².